The molecule has 7 amide bonds. The first-order valence-electron chi connectivity index (χ1n) is 37.4. The van der Waals surface area contributed by atoms with E-state index in [9.17, 15) is 75.0 Å². The number of hydrogen-bond donors (Lipinski definition) is 19. The molecule has 0 aromatic heterocycles. The number of phenolic OH excluding ortho intramolecular Hbond substituents is 3. The number of fused-ring (bicyclic) bond motifs is 15. The second kappa shape index (κ2) is 36.8. The van der Waals surface area contributed by atoms with Crippen LogP contribution >= 0.6 is 34.8 Å². The third-order valence-electron chi connectivity index (χ3n) is 20.9. The van der Waals surface area contributed by atoms with Gasteiger partial charge in [0.15, 0.2) is 30.1 Å². The van der Waals surface area contributed by atoms with Crippen molar-refractivity contribution in [2.24, 2.45) is 11.7 Å². The highest BCUT2D eigenvalue weighted by atomic mass is 35.5. The van der Waals surface area contributed by atoms with Crippen LogP contribution in [0.25, 0.3) is 22.3 Å². The van der Waals surface area contributed by atoms with Crippen LogP contribution in [0.15, 0.2) is 127 Å². The van der Waals surface area contributed by atoms with E-state index in [0.717, 1.165) is 65.2 Å². The molecule has 7 aromatic rings. The molecule has 7 heterocycles. The zero-order chi connectivity index (χ0) is 85.0. The minimum atomic E-state index is -2.29. The topological polar surface area (TPSA) is 526 Å². The van der Waals surface area contributed by atoms with Crippen molar-refractivity contribution >= 4 is 82.1 Å². The number of aromatic hydroxyl groups is 3. The van der Waals surface area contributed by atoms with E-state index < -0.39 is 240 Å². The lowest BCUT2D eigenvalue weighted by molar-refractivity contribution is -0.348. The van der Waals surface area contributed by atoms with Gasteiger partial charge in [0.25, 0.3) is 0 Å². The van der Waals surface area contributed by atoms with Crippen molar-refractivity contribution in [2.75, 3.05) is 26.9 Å². The summed E-state index contributed by atoms with van der Waals surface area (Å²) >= 11 is 20.3. The van der Waals surface area contributed by atoms with Crippen LogP contribution in [0.1, 0.15) is 111 Å². The number of carbonyl (C=O) groups is 8. The zero-order valence-corrected chi connectivity index (χ0v) is 66.0. The Labute approximate surface area is 689 Å². The van der Waals surface area contributed by atoms with Crippen LogP contribution in [-0.2, 0) is 63.8 Å². The molecule has 14 rings (SSSR count). The number of likely N-dealkylation sites (N-methyl/N-ethyl adjacent to an activating group) is 1. The van der Waals surface area contributed by atoms with Crippen molar-refractivity contribution in [3.8, 4) is 68.2 Å². The average molecular weight is 1690 g/mol. The van der Waals surface area contributed by atoms with E-state index >= 15 is 14.4 Å². The van der Waals surface area contributed by atoms with Gasteiger partial charge in [0.05, 0.1) is 47.9 Å². The molecule has 0 radical (unpaired) electrons. The summed E-state index contributed by atoms with van der Waals surface area (Å²) in [4.78, 5) is 117. The number of aliphatic carboxylic acids is 1. The summed E-state index contributed by atoms with van der Waals surface area (Å²) in [5, 5.41) is 136. The van der Waals surface area contributed by atoms with Gasteiger partial charge >= 0.3 is 5.97 Å². The highest BCUT2D eigenvalue weighted by Gasteiger charge is 2.51. The summed E-state index contributed by atoms with van der Waals surface area (Å²) in [6.07, 6.45) is -16.7. The van der Waals surface area contributed by atoms with Gasteiger partial charge in [-0.2, -0.15) is 0 Å². The molecule has 11 bridgehead atoms. The molecule has 7 aliphatic rings. The predicted octanol–water partition coefficient (Wildman–Crippen LogP) is 4.27. The molecule has 37 heteroatoms. The van der Waals surface area contributed by atoms with E-state index in [4.69, 9.17) is 73.7 Å². The highest BCUT2D eigenvalue weighted by molar-refractivity contribution is 6.32. The molecular formula is C81H88Cl3N9O25. The molecule has 20 N–H and O–H groups in total. The summed E-state index contributed by atoms with van der Waals surface area (Å²) in [7, 11) is 1.48. The molecular weight excluding hydrogens is 1610 g/mol. The Balaban J connectivity index is 0.960. The van der Waals surface area contributed by atoms with Crippen LogP contribution in [0.2, 0.25) is 15.1 Å². The lowest BCUT2D eigenvalue weighted by Crippen LogP contribution is -2.65. The molecule has 0 unspecified atom stereocenters. The van der Waals surface area contributed by atoms with Crippen LogP contribution in [0.4, 0.5) is 0 Å². The van der Waals surface area contributed by atoms with Gasteiger partial charge in [0.1, 0.15) is 102 Å². The third kappa shape index (κ3) is 19.3. The first kappa shape index (κ1) is 86.8. The van der Waals surface area contributed by atoms with Crippen molar-refractivity contribution in [1.29, 1.82) is 0 Å². The van der Waals surface area contributed by atoms with Crippen molar-refractivity contribution in [1.82, 2.24) is 42.5 Å². The molecule has 18 atom stereocenters. The van der Waals surface area contributed by atoms with Gasteiger partial charge in [-0.05, 0) is 139 Å². The number of rotatable bonds is 20. The van der Waals surface area contributed by atoms with E-state index in [1.54, 1.807) is 26.0 Å². The fourth-order valence-corrected chi connectivity index (χ4v) is 15.2. The zero-order valence-electron chi connectivity index (χ0n) is 63.8. The van der Waals surface area contributed by atoms with Gasteiger partial charge in [-0.15, -0.1) is 0 Å². The number of primary amides is 1. The fraction of sp³-hybridized carbons (Fsp3) is 0.383. The molecule has 0 spiro atoms. The number of carboxylic acid groups (broad SMARTS) is 1. The Morgan fingerprint density at radius 2 is 1.27 bits per heavy atom. The van der Waals surface area contributed by atoms with E-state index in [-0.39, 0.29) is 63.5 Å². The van der Waals surface area contributed by atoms with E-state index in [1.165, 1.54) is 37.4 Å². The van der Waals surface area contributed by atoms with Gasteiger partial charge < -0.3 is 132 Å². The monoisotopic (exact) mass is 1690 g/mol. The van der Waals surface area contributed by atoms with Gasteiger partial charge in [0.2, 0.25) is 47.1 Å². The average Bonchev–Trinajstić information content (AvgIpc) is 0.768. The third-order valence-corrected chi connectivity index (χ3v) is 21.8. The number of nitrogens with two attached hydrogens (primary N) is 1. The normalized spacial score (nSPS) is 26.9. The number of carboxylic acids is 1. The molecule has 7 aromatic carbocycles. The molecule has 0 aliphatic carbocycles. The number of ether oxygens (including phenoxy) is 7. The predicted molar refractivity (Wildman–Crippen MR) is 420 cm³/mol. The summed E-state index contributed by atoms with van der Waals surface area (Å²) in [5.41, 5.74) is 4.74. The van der Waals surface area contributed by atoms with E-state index in [2.05, 4.69) is 42.5 Å². The van der Waals surface area contributed by atoms with Crippen molar-refractivity contribution in [3.05, 3.63) is 176 Å². The Kier molecular flexibility index (Phi) is 27.1. The van der Waals surface area contributed by atoms with E-state index in [0.29, 0.717) is 5.02 Å². The lowest BCUT2D eigenvalue weighted by atomic mass is 9.84. The van der Waals surface area contributed by atoms with Crippen LogP contribution in [-0.4, -0.2) is 204 Å². The first-order chi connectivity index (χ1) is 56.1. The van der Waals surface area contributed by atoms with Crippen LogP contribution in [0.5, 0.6) is 46.0 Å². The Bertz CT molecular complexity index is 4960. The standard InChI is InChI=1S/C81H88Cl3N9O25/c1-34(2)22-49(86-5)73(104)92-64-66(99)40-13-18-53(47(83)24-40)115-55-26-42-27-56(70(55)112-20-21-113-80-71(69(102)68(101)57(33-94)117-80)118-59-31-81(4,72(103)35(3)114-59)87-32-36-6-8-37(9-7-36)38-10-15-43(82)16-11-38)116-54-19-14-41(25-48(54)84)67(100)65-78(109)91-63(79(110)111)46-28-44(95)29-52(97)60(46)45-23-39(12-17-51(45)96)61(75(106)93-65)90-76(107)62(42)89-74(105)50(30-58(85)98)88-77(64)108/h6-19,23-29,34-35,49-50,57,59,61-69,71-72,80,86-87,94-97,99-103H,20-22,30-33H2,1-5H3,(H2,85,98)(H,88,108)(H,89,105)(H,90,107)(H,91,109)(H,92,104)(H,93,106)(H,110,111)/t35-,49+,50-,57+,59-,61+,62+,63-,64+,65-,66+,67+,68+,69-,71+,72-,80+,81-/m0/s1. The Morgan fingerprint density at radius 3 is 1.88 bits per heavy atom. The molecule has 2 saturated heterocycles. The molecule has 2 fully saturated rings. The van der Waals surface area contributed by atoms with Gasteiger partial charge in [-0.1, -0.05) is 103 Å². The summed E-state index contributed by atoms with van der Waals surface area (Å²) in [5.74, 6) is -15.2. The van der Waals surface area contributed by atoms with Crippen LogP contribution in [0, 0.1) is 5.92 Å². The maximum Gasteiger partial charge on any atom is 0.330 e. The molecule has 34 nitrogen and oxygen atoms in total. The number of nitrogens with one attached hydrogen (secondary N) is 8. The van der Waals surface area contributed by atoms with Crippen LogP contribution < -0.4 is 62.5 Å². The SMILES string of the molecule is CN[C@H](CC(C)C)C(=O)N[C@H]1C(=O)N[C@@H](CC(N)=O)C(=O)N[C@H]2C(=O)N[C@H]3C(=O)N[C@H](C(=O)N[C@H](C(=O)O)c4cc(O)cc(O)c4-c4cc3ccc4O)[C@H](O)c3ccc(c(Cl)c3)Oc3cc2cc(c3OCCO[C@@H]2O[C@H](CO)[C@@H](O)[C@H](O)[C@H]2O[C@H]2C[C@](C)(NCc3ccc(-c4ccc(Cl)cc4)cc3)[C@@H](O)[C@H](C)O2)Oc2ccc(cc2Cl)[C@H]1O. The van der Waals surface area contributed by atoms with E-state index in [1.807, 2.05) is 50.2 Å². The second-order valence-corrected chi connectivity index (χ2v) is 31.0. The maximum atomic E-state index is 16.1. The number of phenols is 3. The number of aliphatic hydroxyl groups excluding tert-OH is 6. The summed E-state index contributed by atoms with van der Waals surface area (Å²) in [6.45, 7) is 5.29. The maximum absolute atomic E-state index is 16.1. The quantitative estimate of drug-likeness (QED) is 0.0474. The Hall–Kier alpha value is -10.5. The largest absolute Gasteiger partial charge is 0.508 e. The number of benzene rings is 7. The smallest absolute Gasteiger partial charge is 0.330 e. The first-order valence-corrected chi connectivity index (χ1v) is 38.6. The number of carbonyl (C=O) groups excluding carboxylic acids is 7. The number of halogens is 3. The second-order valence-electron chi connectivity index (χ2n) is 29.8. The van der Waals surface area contributed by atoms with Crippen molar-refractivity contribution < 1.29 is 123 Å². The van der Waals surface area contributed by atoms with Crippen molar-refractivity contribution in [2.45, 2.75) is 163 Å². The summed E-state index contributed by atoms with van der Waals surface area (Å²) < 4.78 is 44.9. The van der Waals surface area contributed by atoms with Crippen LogP contribution in [0.3, 0.4) is 0 Å². The molecule has 118 heavy (non-hydrogen) atoms. The summed E-state index contributed by atoms with van der Waals surface area (Å²) in [6, 6.07) is 15.1. The molecule has 628 valence electrons. The highest BCUT2D eigenvalue weighted by Crippen LogP contribution is 2.49. The molecule has 0 saturated carbocycles. The van der Waals surface area contributed by atoms with Gasteiger partial charge in [-0.3, -0.25) is 33.6 Å². The van der Waals surface area contributed by atoms with Gasteiger partial charge in [0, 0.05) is 46.3 Å². The number of amides is 7. The number of aliphatic hydroxyl groups is 6. The lowest BCUT2D eigenvalue weighted by Gasteiger charge is -2.48. The fourth-order valence-electron chi connectivity index (χ4n) is 14.7. The molecule has 7 aliphatic heterocycles. The van der Waals surface area contributed by atoms with Crippen molar-refractivity contribution in [3.63, 3.8) is 0 Å². The number of hydrogen-bond acceptors (Lipinski definition) is 26. The minimum absolute atomic E-state index is 0.0514. The minimum Gasteiger partial charge on any atom is -0.508 e. The Morgan fingerprint density at radius 1 is 0.661 bits per heavy atom. The van der Waals surface area contributed by atoms with Gasteiger partial charge in [-0.25, -0.2) is 4.79 Å².